The lowest BCUT2D eigenvalue weighted by Crippen LogP contribution is -2.01. The molecule has 0 atom stereocenters. The number of aryl methyl sites for hydroxylation is 2. The van der Waals surface area contributed by atoms with Crippen LogP contribution >= 0.6 is 0 Å². The third-order valence-electron chi connectivity index (χ3n) is 6.04. The molecule has 3 aromatic heterocycles. The van der Waals surface area contributed by atoms with E-state index >= 15 is 0 Å². The number of benzene rings is 3. The Morgan fingerprint density at radius 1 is 1.00 bits per heavy atom. The summed E-state index contributed by atoms with van der Waals surface area (Å²) in [5, 5.41) is 19.3. The normalized spacial score (nSPS) is 11.9. The summed E-state index contributed by atoms with van der Waals surface area (Å²) in [4.78, 5) is 21.2. The summed E-state index contributed by atoms with van der Waals surface area (Å²) in [6.07, 6.45) is 0. The van der Waals surface area contributed by atoms with Crippen LogP contribution in [-0.4, -0.2) is 29.9 Å². The summed E-state index contributed by atoms with van der Waals surface area (Å²) in [7, 11) is 1.92. The van der Waals surface area contributed by atoms with Gasteiger partial charge in [-0.3, -0.25) is 9.20 Å². The number of azo groups is 1. The van der Waals surface area contributed by atoms with E-state index in [0.717, 1.165) is 27.7 Å². The number of nitrogens with one attached hydrogen (secondary N) is 1. The molecule has 3 aromatic carbocycles. The van der Waals surface area contributed by atoms with Gasteiger partial charge in [-0.2, -0.15) is 0 Å². The molecule has 0 saturated heterocycles. The molecule has 0 aliphatic heterocycles. The first kappa shape index (κ1) is 19.9. The molecule has 3 heterocycles. The van der Waals surface area contributed by atoms with E-state index in [0.29, 0.717) is 22.6 Å². The van der Waals surface area contributed by atoms with Crippen molar-refractivity contribution in [3.8, 4) is 17.1 Å². The number of para-hydroxylation sites is 2. The lowest BCUT2D eigenvalue weighted by Gasteiger charge is -2.02. The van der Waals surface area contributed by atoms with Crippen LogP contribution in [0.5, 0.6) is 5.88 Å². The fraction of sp³-hybridized carbons (Fsp3) is 0.0769. The van der Waals surface area contributed by atoms with Gasteiger partial charge in [0, 0.05) is 18.0 Å². The molecule has 2 N–H and O–H groups in total. The zero-order valence-electron chi connectivity index (χ0n) is 18.5. The number of rotatable bonds is 3. The molecule has 34 heavy (non-hydrogen) atoms. The minimum Gasteiger partial charge on any atom is -0.493 e. The van der Waals surface area contributed by atoms with E-state index in [4.69, 9.17) is 4.98 Å². The van der Waals surface area contributed by atoms with Crippen molar-refractivity contribution in [2.24, 2.45) is 17.3 Å². The SMILES string of the molecule is Cc1ccc2[nH]c(O)c(N=NC(=O)c3c(-c4ccccc4)nc4n(C)c5ccccc5n34)c2c1. The molecule has 6 aromatic rings. The lowest BCUT2D eigenvalue weighted by molar-refractivity contribution is 0.0990. The van der Waals surface area contributed by atoms with Crippen LogP contribution in [0.3, 0.4) is 0 Å². The van der Waals surface area contributed by atoms with E-state index in [1.807, 2.05) is 95.7 Å². The van der Waals surface area contributed by atoms with E-state index in [2.05, 4.69) is 15.2 Å². The molecule has 0 bridgehead atoms. The number of aromatic hydroxyl groups is 1. The van der Waals surface area contributed by atoms with Crippen molar-refractivity contribution in [1.82, 2.24) is 18.9 Å². The van der Waals surface area contributed by atoms with E-state index in [1.54, 1.807) is 0 Å². The van der Waals surface area contributed by atoms with Gasteiger partial charge in [-0.15, -0.1) is 10.2 Å². The summed E-state index contributed by atoms with van der Waals surface area (Å²) in [5.41, 5.74) is 5.40. The summed E-state index contributed by atoms with van der Waals surface area (Å²) in [6.45, 7) is 1.95. The molecule has 0 radical (unpaired) electrons. The number of hydrogen-bond donors (Lipinski definition) is 2. The molecule has 8 heteroatoms. The van der Waals surface area contributed by atoms with E-state index in [-0.39, 0.29) is 11.6 Å². The molecule has 0 aliphatic rings. The third-order valence-corrected chi connectivity index (χ3v) is 6.04. The van der Waals surface area contributed by atoms with Crippen LogP contribution in [0.1, 0.15) is 16.1 Å². The van der Waals surface area contributed by atoms with Crippen LogP contribution < -0.4 is 0 Å². The summed E-state index contributed by atoms with van der Waals surface area (Å²) in [5.74, 6) is -0.0581. The van der Waals surface area contributed by atoms with Gasteiger partial charge < -0.3 is 14.7 Å². The number of imidazole rings is 2. The Bertz CT molecular complexity index is 1750. The van der Waals surface area contributed by atoms with Crippen LogP contribution in [0.15, 0.2) is 83.0 Å². The molecule has 1 amide bonds. The molecule has 6 rings (SSSR count). The highest BCUT2D eigenvalue weighted by Gasteiger charge is 2.25. The first-order valence-electron chi connectivity index (χ1n) is 10.8. The Morgan fingerprint density at radius 3 is 2.53 bits per heavy atom. The van der Waals surface area contributed by atoms with Gasteiger partial charge in [0.2, 0.25) is 11.7 Å². The molecule has 0 spiro atoms. The number of aromatic amines is 1. The smallest absolute Gasteiger partial charge is 0.314 e. The van der Waals surface area contributed by atoms with Crippen LogP contribution in [-0.2, 0) is 7.05 Å². The van der Waals surface area contributed by atoms with E-state index < -0.39 is 5.91 Å². The fourth-order valence-electron chi connectivity index (χ4n) is 4.42. The first-order valence-corrected chi connectivity index (χ1v) is 10.8. The van der Waals surface area contributed by atoms with E-state index in [9.17, 15) is 9.90 Å². The summed E-state index contributed by atoms with van der Waals surface area (Å²) in [6, 6.07) is 23.0. The summed E-state index contributed by atoms with van der Waals surface area (Å²) >= 11 is 0. The number of hydrogen-bond acceptors (Lipinski definition) is 4. The maximum atomic E-state index is 13.6. The molecule has 8 nitrogen and oxygen atoms in total. The Hall–Kier alpha value is -4.72. The maximum Gasteiger partial charge on any atom is 0.314 e. The molecule has 0 unspecified atom stereocenters. The van der Waals surface area contributed by atoms with Crippen molar-refractivity contribution in [2.45, 2.75) is 6.92 Å². The highest BCUT2D eigenvalue weighted by atomic mass is 16.3. The number of aromatic nitrogens is 4. The van der Waals surface area contributed by atoms with Crippen LogP contribution in [0.2, 0.25) is 0 Å². The molecule has 166 valence electrons. The minimum absolute atomic E-state index is 0.135. The minimum atomic E-state index is -0.552. The number of fused-ring (bicyclic) bond motifs is 4. The zero-order valence-corrected chi connectivity index (χ0v) is 18.5. The van der Waals surface area contributed by atoms with Crippen molar-refractivity contribution in [3.05, 3.63) is 84.1 Å². The van der Waals surface area contributed by atoms with Gasteiger partial charge in [-0.1, -0.05) is 54.1 Å². The van der Waals surface area contributed by atoms with Crippen molar-refractivity contribution in [1.29, 1.82) is 0 Å². The second-order valence-corrected chi connectivity index (χ2v) is 8.23. The Kier molecular flexibility index (Phi) is 4.35. The Balaban J connectivity index is 1.56. The zero-order chi connectivity index (χ0) is 23.4. The number of amides is 1. The average Bonchev–Trinajstić information content (AvgIpc) is 3.48. The van der Waals surface area contributed by atoms with Crippen LogP contribution in [0, 0.1) is 6.92 Å². The van der Waals surface area contributed by atoms with Crippen molar-refractivity contribution >= 4 is 39.3 Å². The number of H-pyrrole nitrogens is 1. The van der Waals surface area contributed by atoms with Gasteiger partial charge in [-0.25, -0.2) is 4.98 Å². The third kappa shape index (κ3) is 2.92. The maximum absolute atomic E-state index is 13.6. The van der Waals surface area contributed by atoms with Gasteiger partial charge in [0.15, 0.2) is 5.69 Å². The van der Waals surface area contributed by atoms with Gasteiger partial charge in [-0.05, 0) is 31.2 Å². The van der Waals surface area contributed by atoms with Crippen LogP contribution in [0.25, 0.3) is 39.0 Å². The second kappa shape index (κ2) is 7.41. The average molecular weight is 448 g/mol. The fourth-order valence-corrected chi connectivity index (χ4v) is 4.42. The molecular formula is C26H20N6O2. The molecule has 0 saturated carbocycles. The predicted octanol–water partition coefficient (Wildman–Crippen LogP) is 5.91. The molecule has 0 fully saturated rings. The van der Waals surface area contributed by atoms with Crippen molar-refractivity contribution in [3.63, 3.8) is 0 Å². The van der Waals surface area contributed by atoms with Gasteiger partial charge >= 0.3 is 5.91 Å². The monoisotopic (exact) mass is 448 g/mol. The highest BCUT2D eigenvalue weighted by molar-refractivity contribution is 6.02. The largest absolute Gasteiger partial charge is 0.493 e. The van der Waals surface area contributed by atoms with Crippen LogP contribution in [0.4, 0.5) is 5.69 Å². The van der Waals surface area contributed by atoms with Crippen molar-refractivity contribution < 1.29 is 9.90 Å². The number of carbonyl (C=O) groups excluding carboxylic acids is 1. The Morgan fingerprint density at radius 2 is 1.74 bits per heavy atom. The van der Waals surface area contributed by atoms with Gasteiger partial charge in [0.05, 0.1) is 16.6 Å². The molecular weight excluding hydrogens is 428 g/mol. The topological polar surface area (TPSA) is 100 Å². The number of carbonyl (C=O) groups is 1. The van der Waals surface area contributed by atoms with E-state index in [1.165, 1.54) is 0 Å². The standard InChI is InChI=1S/C26H20N6O2/c1-15-12-13-18-17(14-15)22(24(33)27-18)29-30-25(34)23-21(16-8-4-3-5-9-16)28-26-31(2)19-10-6-7-11-20(19)32(23)26/h3-14,27,33H,1-2H3. The second-order valence-electron chi connectivity index (χ2n) is 8.23. The highest BCUT2D eigenvalue weighted by Crippen LogP contribution is 2.36. The van der Waals surface area contributed by atoms with Gasteiger partial charge in [0.1, 0.15) is 11.4 Å². The first-order chi connectivity index (χ1) is 16.5. The molecule has 0 aliphatic carbocycles. The number of nitrogens with zero attached hydrogens (tertiary/aromatic N) is 5. The predicted molar refractivity (Wildman–Crippen MR) is 131 cm³/mol. The Labute approximate surface area is 193 Å². The van der Waals surface area contributed by atoms with Crippen molar-refractivity contribution in [2.75, 3.05) is 0 Å². The summed E-state index contributed by atoms with van der Waals surface area (Å²) < 4.78 is 3.77. The quantitative estimate of drug-likeness (QED) is 0.329. The lowest BCUT2D eigenvalue weighted by atomic mass is 10.1. The van der Waals surface area contributed by atoms with Gasteiger partial charge in [0.25, 0.3) is 0 Å².